The highest BCUT2D eigenvalue weighted by atomic mass is 35.5. The first-order valence-electron chi connectivity index (χ1n) is 3.86. The molecule has 15 heavy (non-hydrogen) atoms. The molecule has 0 aliphatic rings. The van der Waals surface area contributed by atoms with Crippen LogP contribution >= 0.6 is 11.6 Å². The lowest BCUT2D eigenvalue weighted by Crippen LogP contribution is -2.04. The number of carboxylic acid groups (broad SMARTS) is 1. The third kappa shape index (κ3) is 2.16. The summed E-state index contributed by atoms with van der Waals surface area (Å²) in [5.74, 6) is -1.27. The zero-order valence-electron chi connectivity index (χ0n) is 7.65. The number of nitrogens with zero attached hydrogens (tertiary/aromatic N) is 1. The molecule has 0 bridgehead atoms. The molecule has 0 radical (unpaired) electrons. The molecule has 1 aromatic rings. The first kappa shape index (κ1) is 11.3. The van der Waals surface area contributed by atoms with Crippen molar-refractivity contribution in [1.29, 1.82) is 0 Å². The molecule has 1 aromatic carbocycles. The summed E-state index contributed by atoms with van der Waals surface area (Å²) in [5.41, 5.74) is -0.414. The van der Waals surface area contributed by atoms with E-state index in [9.17, 15) is 14.9 Å². The number of nitro groups is 1. The molecule has 2 N–H and O–H groups in total. The second kappa shape index (κ2) is 4.14. The number of carboxylic acids is 1. The van der Waals surface area contributed by atoms with E-state index in [-0.39, 0.29) is 22.0 Å². The van der Waals surface area contributed by atoms with Gasteiger partial charge in [0, 0.05) is 19.2 Å². The van der Waals surface area contributed by atoms with Gasteiger partial charge in [-0.2, -0.15) is 0 Å². The minimum absolute atomic E-state index is 0.00380. The number of hydrogen-bond acceptors (Lipinski definition) is 4. The monoisotopic (exact) mass is 230 g/mol. The number of anilines is 1. The summed E-state index contributed by atoms with van der Waals surface area (Å²) in [7, 11) is 1.49. The van der Waals surface area contributed by atoms with Gasteiger partial charge >= 0.3 is 5.97 Å². The predicted octanol–water partition coefficient (Wildman–Crippen LogP) is 1.99. The summed E-state index contributed by atoms with van der Waals surface area (Å²) in [6.07, 6.45) is 0. The van der Waals surface area contributed by atoms with Gasteiger partial charge in [0.15, 0.2) is 0 Å². The molecule has 0 spiro atoms. The molecule has 0 atom stereocenters. The molecule has 0 amide bonds. The van der Waals surface area contributed by atoms with Crippen molar-refractivity contribution in [2.24, 2.45) is 0 Å². The summed E-state index contributed by atoms with van der Waals surface area (Å²) >= 11 is 5.69. The van der Waals surface area contributed by atoms with Crippen LogP contribution in [-0.4, -0.2) is 23.0 Å². The lowest BCUT2D eigenvalue weighted by atomic mass is 10.1. The van der Waals surface area contributed by atoms with E-state index in [0.29, 0.717) is 0 Å². The van der Waals surface area contributed by atoms with Crippen molar-refractivity contribution >= 4 is 28.9 Å². The second-order valence-electron chi connectivity index (χ2n) is 2.66. The molecule has 6 nitrogen and oxygen atoms in total. The number of benzene rings is 1. The number of carbonyl (C=O) groups is 1. The third-order valence-corrected chi connectivity index (χ3v) is 2.06. The Labute approximate surface area is 89.6 Å². The Morgan fingerprint density at radius 2 is 2.20 bits per heavy atom. The molecule has 7 heteroatoms. The van der Waals surface area contributed by atoms with Gasteiger partial charge in [-0.25, -0.2) is 4.79 Å². The minimum Gasteiger partial charge on any atom is -0.478 e. The number of nitrogens with one attached hydrogen (secondary N) is 1. The number of nitro benzene ring substituents is 1. The van der Waals surface area contributed by atoms with E-state index in [0.717, 1.165) is 12.1 Å². The Hall–Kier alpha value is -1.82. The zero-order chi connectivity index (χ0) is 11.6. The fraction of sp³-hybridized carbons (Fsp3) is 0.125. The Balaban J connectivity index is 3.45. The first-order valence-corrected chi connectivity index (χ1v) is 4.24. The molecule has 0 fully saturated rings. The van der Waals surface area contributed by atoms with Gasteiger partial charge in [-0.1, -0.05) is 11.6 Å². The van der Waals surface area contributed by atoms with Gasteiger partial charge in [0.1, 0.15) is 0 Å². The lowest BCUT2D eigenvalue weighted by Gasteiger charge is -2.07. The summed E-state index contributed by atoms with van der Waals surface area (Å²) in [4.78, 5) is 20.6. The molecule has 0 heterocycles. The van der Waals surface area contributed by atoms with E-state index in [1.807, 2.05) is 0 Å². The Morgan fingerprint density at radius 3 is 2.60 bits per heavy atom. The first-order chi connectivity index (χ1) is 6.97. The zero-order valence-corrected chi connectivity index (χ0v) is 8.41. The number of aromatic carboxylic acids is 1. The second-order valence-corrected chi connectivity index (χ2v) is 3.07. The fourth-order valence-corrected chi connectivity index (χ4v) is 1.43. The SMILES string of the molecule is CNc1c(Cl)cc([N+](=O)[O-])cc1C(=O)O. The van der Waals surface area contributed by atoms with Gasteiger partial charge in [0.25, 0.3) is 5.69 Å². The quantitative estimate of drug-likeness (QED) is 0.612. The van der Waals surface area contributed by atoms with Crippen molar-refractivity contribution < 1.29 is 14.8 Å². The van der Waals surface area contributed by atoms with Gasteiger partial charge in [0.05, 0.1) is 21.2 Å². The van der Waals surface area contributed by atoms with Gasteiger partial charge in [-0.15, -0.1) is 0 Å². The molecule has 80 valence electrons. The van der Waals surface area contributed by atoms with Crippen LogP contribution in [-0.2, 0) is 0 Å². The Bertz CT molecular complexity index is 433. The molecule has 0 saturated carbocycles. The normalized spacial score (nSPS) is 9.73. The van der Waals surface area contributed by atoms with Crippen molar-refractivity contribution in [3.05, 3.63) is 32.8 Å². The fourth-order valence-electron chi connectivity index (χ4n) is 1.12. The Kier molecular flexibility index (Phi) is 3.11. The van der Waals surface area contributed by atoms with E-state index in [1.165, 1.54) is 7.05 Å². The van der Waals surface area contributed by atoms with Crippen LogP contribution in [0, 0.1) is 10.1 Å². The number of hydrogen-bond donors (Lipinski definition) is 2. The van der Waals surface area contributed by atoms with Crippen LogP contribution in [0.15, 0.2) is 12.1 Å². The highest BCUT2D eigenvalue weighted by molar-refractivity contribution is 6.34. The summed E-state index contributed by atoms with van der Waals surface area (Å²) in [5, 5.41) is 21.8. The van der Waals surface area contributed by atoms with Gasteiger partial charge in [-0.3, -0.25) is 10.1 Å². The maximum Gasteiger partial charge on any atom is 0.338 e. The summed E-state index contributed by atoms with van der Waals surface area (Å²) < 4.78 is 0. The smallest absolute Gasteiger partial charge is 0.338 e. The number of rotatable bonds is 3. The predicted molar refractivity (Wildman–Crippen MR) is 54.6 cm³/mol. The Morgan fingerprint density at radius 1 is 1.60 bits per heavy atom. The average molecular weight is 231 g/mol. The van der Waals surface area contributed by atoms with Crippen LogP contribution in [0.4, 0.5) is 11.4 Å². The average Bonchev–Trinajstić information content (AvgIpc) is 2.16. The van der Waals surface area contributed by atoms with Crippen molar-refractivity contribution in [2.75, 3.05) is 12.4 Å². The molecular formula is C8H7ClN2O4. The maximum absolute atomic E-state index is 10.8. The van der Waals surface area contributed by atoms with Crippen LogP contribution in [0.3, 0.4) is 0 Å². The standard InChI is InChI=1S/C8H7ClN2O4/c1-10-7-5(8(12)13)2-4(11(14)15)3-6(7)9/h2-3,10H,1H3,(H,12,13). The van der Waals surface area contributed by atoms with Crippen molar-refractivity contribution in [1.82, 2.24) is 0 Å². The van der Waals surface area contributed by atoms with Gasteiger partial charge < -0.3 is 10.4 Å². The van der Waals surface area contributed by atoms with Crippen LogP contribution in [0.5, 0.6) is 0 Å². The maximum atomic E-state index is 10.8. The molecular weight excluding hydrogens is 224 g/mol. The molecule has 0 aliphatic heterocycles. The van der Waals surface area contributed by atoms with Crippen LogP contribution < -0.4 is 5.32 Å². The molecule has 0 saturated heterocycles. The van der Waals surface area contributed by atoms with E-state index >= 15 is 0 Å². The lowest BCUT2D eigenvalue weighted by molar-refractivity contribution is -0.384. The largest absolute Gasteiger partial charge is 0.478 e. The third-order valence-electron chi connectivity index (χ3n) is 1.77. The topological polar surface area (TPSA) is 92.5 Å². The summed E-state index contributed by atoms with van der Waals surface area (Å²) in [6.45, 7) is 0. The van der Waals surface area contributed by atoms with Crippen LogP contribution in [0.1, 0.15) is 10.4 Å². The van der Waals surface area contributed by atoms with Gasteiger partial charge in [-0.05, 0) is 0 Å². The highest BCUT2D eigenvalue weighted by Crippen LogP contribution is 2.30. The minimum atomic E-state index is -1.27. The molecule has 0 aliphatic carbocycles. The molecule has 1 rings (SSSR count). The van der Waals surface area contributed by atoms with E-state index in [2.05, 4.69) is 5.32 Å². The van der Waals surface area contributed by atoms with Crippen molar-refractivity contribution in [3.8, 4) is 0 Å². The van der Waals surface area contributed by atoms with Gasteiger partial charge in [0.2, 0.25) is 0 Å². The summed E-state index contributed by atoms with van der Waals surface area (Å²) in [6, 6.07) is 2.06. The van der Waals surface area contributed by atoms with Crippen LogP contribution in [0.2, 0.25) is 5.02 Å². The number of non-ortho nitro benzene ring substituents is 1. The molecule has 0 unspecified atom stereocenters. The molecule has 0 aromatic heterocycles. The van der Waals surface area contributed by atoms with Crippen molar-refractivity contribution in [2.45, 2.75) is 0 Å². The van der Waals surface area contributed by atoms with E-state index in [4.69, 9.17) is 16.7 Å². The van der Waals surface area contributed by atoms with E-state index in [1.54, 1.807) is 0 Å². The number of halogens is 1. The van der Waals surface area contributed by atoms with Crippen molar-refractivity contribution in [3.63, 3.8) is 0 Å². The van der Waals surface area contributed by atoms with Crippen LogP contribution in [0.25, 0.3) is 0 Å². The highest BCUT2D eigenvalue weighted by Gasteiger charge is 2.18. The van der Waals surface area contributed by atoms with E-state index < -0.39 is 10.9 Å².